The van der Waals surface area contributed by atoms with Gasteiger partial charge in [0.05, 0.1) is 0 Å². The number of hydrogen-bond donors (Lipinski definition) is 1. The molecule has 2 aromatic heterocycles. The Bertz CT molecular complexity index is 778. The molecule has 0 bridgehead atoms. The summed E-state index contributed by atoms with van der Waals surface area (Å²) in [5.41, 5.74) is 6.42. The van der Waals surface area contributed by atoms with Crippen molar-refractivity contribution in [3.8, 4) is 0 Å². The van der Waals surface area contributed by atoms with E-state index in [1.165, 1.54) is 11.3 Å². The average molecular weight is 368 g/mol. The van der Waals surface area contributed by atoms with Gasteiger partial charge in [0.25, 0.3) is 0 Å². The van der Waals surface area contributed by atoms with Crippen LogP contribution in [0.4, 0.5) is 5.69 Å². The van der Waals surface area contributed by atoms with Crippen molar-refractivity contribution in [2.75, 3.05) is 5.73 Å². The van der Waals surface area contributed by atoms with E-state index in [0.717, 1.165) is 19.4 Å². The molecule has 0 amide bonds. The van der Waals surface area contributed by atoms with Crippen molar-refractivity contribution in [1.82, 2.24) is 0 Å². The summed E-state index contributed by atoms with van der Waals surface area (Å²) in [6, 6.07) is 9.38. The first-order valence-electron chi connectivity index (χ1n) is 5.81. The van der Waals surface area contributed by atoms with Crippen molar-refractivity contribution in [3.63, 3.8) is 0 Å². The fourth-order valence-electron chi connectivity index (χ4n) is 1.80. The van der Waals surface area contributed by atoms with Crippen molar-refractivity contribution < 1.29 is 9.53 Å². The Morgan fingerprint density at radius 1 is 1.30 bits per heavy atom. The number of hydrogen-bond acceptors (Lipinski definition) is 5. The Kier molecular flexibility index (Phi) is 3.78. The number of carbonyl (C=O) groups excluding carboxylic acids is 1. The summed E-state index contributed by atoms with van der Waals surface area (Å²) in [6.45, 7) is 0.297. The number of ether oxygens (including phenoxy) is 1. The van der Waals surface area contributed by atoms with Gasteiger partial charge in [0.2, 0.25) is 0 Å². The summed E-state index contributed by atoms with van der Waals surface area (Å²) in [6.07, 6.45) is 0. The monoisotopic (exact) mass is 367 g/mol. The molecule has 0 aliphatic carbocycles. The lowest BCUT2D eigenvalue weighted by molar-refractivity contribution is 0.0482. The van der Waals surface area contributed by atoms with E-state index < -0.39 is 0 Å². The minimum absolute atomic E-state index is 0.297. The molecule has 1 aromatic carbocycles. The predicted octanol–water partition coefficient (Wildman–Crippen LogP) is 4.66. The summed E-state index contributed by atoms with van der Waals surface area (Å²) in [5, 5.41) is 2.94. The van der Waals surface area contributed by atoms with Crippen LogP contribution in [0.3, 0.4) is 0 Å². The lowest BCUT2D eigenvalue weighted by Crippen LogP contribution is -2.01. The van der Waals surface area contributed by atoms with E-state index >= 15 is 0 Å². The van der Waals surface area contributed by atoms with Crippen LogP contribution in [0.25, 0.3) is 10.1 Å². The van der Waals surface area contributed by atoms with Gasteiger partial charge in [-0.25, -0.2) is 4.79 Å². The highest BCUT2D eigenvalue weighted by Crippen LogP contribution is 2.28. The van der Waals surface area contributed by atoms with Crippen LogP contribution in [0.15, 0.2) is 40.2 Å². The highest BCUT2D eigenvalue weighted by Gasteiger charge is 2.12. The third-order valence-corrected chi connectivity index (χ3v) is 5.48. The summed E-state index contributed by atoms with van der Waals surface area (Å²) >= 11 is 6.35. The summed E-state index contributed by atoms with van der Waals surface area (Å²) in [7, 11) is 0. The van der Waals surface area contributed by atoms with Crippen molar-refractivity contribution in [2.45, 2.75) is 6.61 Å². The lowest BCUT2D eigenvalue weighted by atomic mass is 10.2. The molecule has 0 fully saturated rings. The Morgan fingerprint density at radius 2 is 2.15 bits per heavy atom. The van der Waals surface area contributed by atoms with E-state index in [4.69, 9.17) is 10.5 Å². The molecule has 20 heavy (non-hydrogen) atoms. The molecular formula is C14H10BrNO2S2. The van der Waals surface area contributed by atoms with Crippen LogP contribution >= 0.6 is 38.6 Å². The zero-order chi connectivity index (χ0) is 14.1. The number of thiophene rings is 2. The second-order valence-corrected chi connectivity index (χ2v) is 7.21. The largest absolute Gasteiger partial charge is 0.456 e. The Hall–Kier alpha value is -1.37. The first-order chi connectivity index (χ1) is 9.61. The van der Waals surface area contributed by atoms with Gasteiger partial charge in [-0.3, -0.25) is 0 Å². The maximum Gasteiger partial charge on any atom is 0.348 e. The number of benzene rings is 1. The molecule has 2 heterocycles. The minimum Gasteiger partial charge on any atom is -0.456 e. The number of nitrogen functional groups attached to an aromatic ring is 1. The molecule has 0 saturated carbocycles. The van der Waals surface area contributed by atoms with Gasteiger partial charge in [-0.1, -0.05) is 0 Å². The fourth-order valence-corrected chi connectivity index (χ4v) is 4.10. The van der Waals surface area contributed by atoms with Crippen molar-refractivity contribution in [1.29, 1.82) is 0 Å². The van der Waals surface area contributed by atoms with Gasteiger partial charge in [-0.2, -0.15) is 0 Å². The summed E-state index contributed by atoms with van der Waals surface area (Å²) < 4.78 is 7.35. The quantitative estimate of drug-likeness (QED) is 0.540. The topological polar surface area (TPSA) is 52.3 Å². The van der Waals surface area contributed by atoms with Crippen LogP contribution in [0, 0.1) is 0 Å². The zero-order valence-electron chi connectivity index (χ0n) is 10.3. The maximum absolute atomic E-state index is 12.0. The molecule has 0 spiro atoms. The standard InChI is InChI=1S/C14H10BrNO2S2/c15-9-5-11(19-7-9)6-18-14(17)13-4-8-3-10(16)1-2-12(8)20-13/h1-5,7H,6,16H2. The van der Waals surface area contributed by atoms with Gasteiger partial charge in [0.1, 0.15) is 11.5 Å². The molecule has 2 N–H and O–H groups in total. The van der Waals surface area contributed by atoms with E-state index in [-0.39, 0.29) is 5.97 Å². The summed E-state index contributed by atoms with van der Waals surface area (Å²) in [4.78, 5) is 13.6. The third kappa shape index (κ3) is 2.87. The third-order valence-electron chi connectivity index (χ3n) is 2.71. The maximum atomic E-state index is 12.0. The van der Waals surface area contributed by atoms with E-state index in [1.807, 2.05) is 35.7 Å². The van der Waals surface area contributed by atoms with Gasteiger partial charge in [-0.15, -0.1) is 22.7 Å². The molecule has 0 aliphatic heterocycles. The lowest BCUT2D eigenvalue weighted by Gasteiger charge is -2.00. The van der Waals surface area contributed by atoms with Gasteiger partial charge in [0.15, 0.2) is 0 Å². The Balaban J connectivity index is 1.75. The fraction of sp³-hybridized carbons (Fsp3) is 0.0714. The average Bonchev–Trinajstić information content (AvgIpc) is 3.01. The normalized spacial score (nSPS) is 10.8. The van der Waals surface area contributed by atoms with E-state index in [1.54, 1.807) is 11.3 Å². The van der Waals surface area contributed by atoms with Gasteiger partial charge in [0, 0.05) is 25.1 Å². The van der Waals surface area contributed by atoms with E-state index in [0.29, 0.717) is 17.2 Å². The smallest absolute Gasteiger partial charge is 0.348 e. The number of fused-ring (bicyclic) bond motifs is 1. The molecule has 3 rings (SSSR count). The number of esters is 1. The van der Waals surface area contributed by atoms with Crippen LogP contribution in [0.1, 0.15) is 14.5 Å². The first kappa shape index (κ1) is 13.6. The van der Waals surface area contributed by atoms with Crippen molar-refractivity contribution in [3.05, 3.63) is 49.9 Å². The molecule has 3 aromatic rings. The molecular weight excluding hydrogens is 358 g/mol. The van der Waals surface area contributed by atoms with Crippen LogP contribution in [-0.2, 0) is 11.3 Å². The number of nitrogens with two attached hydrogens (primary N) is 1. The number of halogens is 1. The van der Waals surface area contributed by atoms with Crippen LogP contribution < -0.4 is 5.73 Å². The number of anilines is 1. The zero-order valence-corrected chi connectivity index (χ0v) is 13.5. The second kappa shape index (κ2) is 5.55. The first-order valence-corrected chi connectivity index (χ1v) is 8.30. The second-order valence-electron chi connectivity index (χ2n) is 4.22. The molecule has 6 heteroatoms. The molecule has 0 aliphatic rings. The van der Waals surface area contributed by atoms with Crippen molar-refractivity contribution >= 4 is 60.3 Å². The molecule has 0 unspecified atom stereocenters. The predicted molar refractivity (Wildman–Crippen MR) is 87.4 cm³/mol. The Morgan fingerprint density at radius 3 is 2.90 bits per heavy atom. The van der Waals surface area contributed by atoms with Crippen LogP contribution in [-0.4, -0.2) is 5.97 Å². The van der Waals surface area contributed by atoms with E-state index in [9.17, 15) is 4.79 Å². The van der Waals surface area contributed by atoms with Gasteiger partial charge >= 0.3 is 5.97 Å². The van der Waals surface area contributed by atoms with Gasteiger partial charge in [-0.05, 0) is 51.6 Å². The SMILES string of the molecule is Nc1ccc2sc(C(=O)OCc3cc(Br)cs3)cc2c1. The van der Waals surface area contributed by atoms with E-state index in [2.05, 4.69) is 15.9 Å². The number of rotatable bonds is 3. The highest BCUT2D eigenvalue weighted by molar-refractivity contribution is 9.10. The van der Waals surface area contributed by atoms with Gasteiger partial charge < -0.3 is 10.5 Å². The molecule has 0 saturated heterocycles. The van der Waals surface area contributed by atoms with Crippen LogP contribution in [0.2, 0.25) is 0 Å². The molecule has 0 atom stereocenters. The molecule has 102 valence electrons. The Labute approximate surface area is 132 Å². The van der Waals surface area contributed by atoms with Crippen molar-refractivity contribution in [2.24, 2.45) is 0 Å². The summed E-state index contributed by atoms with van der Waals surface area (Å²) in [5.74, 6) is -0.297. The van der Waals surface area contributed by atoms with Crippen LogP contribution in [0.5, 0.6) is 0 Å². The molecule has 0 radical (unpaired) electrons. The highest BCUT2D eigenvalue weighted by atomic mass is 79.9. The number of carbonyl (C=O) groups is 1. The minimum atomic E-state index is -0.297. The molecule has 3 nitrogen and oxygen atoms in total.